The quantitative estimate of drug-likeness (QED) is 0.882. The maximum atomic E-state index is 12.5. The van der Waals surface area contributed by atoms with Gasteiger partial charge in [0.15, 0.2) is 0 Å². The first-order valence-corrected chi connectivity index (χ1v) is 9.48. The van der Waals surface area contributed by atoms with E-state index in [4.69, 9.17) is 11.6 Å². The topological polar surface area (TPSA) is 35.6 Å². The van der Waals surface area contributed by atoms with Crippen molar-refractivity contribution in [3.63, 3.8) is 0 Å². The van der Waals surface area contributed by atoms with Crippen molar-refractivity contribution in [2.75, 3.05) is 31.5 Å². The SMILES string of the molecule is C[C@@H](C(=O)Nc1cccc(Cl)c1)N1CCN(Cc2ccsc2)CC1. The van der Waals surface area contributed by atoms with Gasteiger partial charge in [0.25, 0.3) is 0 Å². The third-order valence-electron chi connectivity index (χ3n) is 4.41. The molecule has 0 spiro atoms. The van der Waals surface area contributed by atoms with Gasteiger partial charge in [0.2, 0.25) is 5.91 Å². The van der Waals surface area contributed by atoms with Crippen molar-refractivity contribution in [1.82, 2.24) is 9.80 Å². The molecule has 1 N–H and O–H groups in total. The molecule has 1 aliphatic heterocycles. The van der Waals surface area contributed by atoms with E-state index in [0.717, 1.165) is 38.4 Å². The van der Waals surface area contributed by atoms with Crippen LogP contribution in [-0.4, -0.2) is 47.9 Å². The second-order valence-corrected chi connectivity index (χ2v) is 7.34. The number of anilines is 1. The van der Waals surface area contributed by atoms with E-state index < -0.39 is 0 Å². The normalized spacial score (nSPS) is 17.6. The molecule has 2 aromatic rings. The number of nitrogens with zero attached hydrogens (tertiary/aromatic N) is 2. The first kappa shape index (κ1) is 17.4. The summed E-state index contributed by atoms with van der Waals surface area (Å²) >= 11 is 7.70. The Morgan fingerprint density at radius 1 is 1.29 bits per heavy atom. The Hall–Kier alpha value is -1.40. The minimum absolute atomic E-state index is 0.0172. The largest absolute Gasteiger partial charge is 0.325 e. The Kier molecular flexibility index (Phi) is 5.89. The second-order valence-electron chi connectivity index (χ2n) is 6.12. The third-order valence-corrected chi connectivity index (χ3v) is 5.38. The van der Waals surface area contributed by atoms with Crippen LogP contribution in [0.2, 0.25) is 5.02 Å². The van der Waals surface area contributed by atoms with E-state index in [1.807, 2.05) is 19.1 Å². The van der Waals surface area contributed by atoms with Gasteiger partial charge in [0, 0.05) is 43.4 Å². The summed E-state index contributed by atoms with van der Waals surface area (Å²) in [4.78, 5) is 17.1. The smallest absolute Gasteiger partial charge is 0.241 e. The van der Waals surface area contributed by atoms with Crippen molar-refractivity contribution in [2.45, 2.75) is 19.5 Å². The number of thiophene rings is 1. The molecule has 1 fully saturated rings. The van der Waals surface area contributed by atoms with Gasteiger partial charge in [-0.3, -0.25) is 14.6 Å². The number of rotatable bonds is 5. The summed E-state index contributed by atoms with van der Waals surface area (Å²) < 4.78 is 0. The first-order valence-electron chi connectivity index (χ1n) is 8.16. The molecule has 1 amide bonds. The minimum atomic E-state index is -0.146. The lowest BCUT2D eigenvalue weighted by atomic mass is 10.2. The van der Waals surface area contributed by atoms with Crippen molar-refractivity contribution in [3.05, 3.63) is 51.7 Å². The van der Waals surface area contributed by atoms with Crippen LogP contribution in [0.5, 0.6) is 0 Å². The highest BCUT2D eigenvalue weighted by Gasteiger charge is 2.25. The Labute approximate surface area is 152 Å². The molecule has 1 atom stereocenters. The van der Waals surface area contributed by atoms with Crippen LogP contribution < -0.4 is 5.32 Å². The maximum Gasteiger partial charge on any atom is 0.241 e. The monoisotopic (exact) mass is 363 g/mol. The fourth-order valence-corrected chi connectivity index (χ4v) is 3.78. The lowest BCUT2D eigenvalue weighted by molar-refractivity contribution is -0.121. The van der Waals surface area contributed by atoms with E-state index in [2.05, 4.69) is 31.9 Å². The Bertz CT molecular complexity index is 669. The van der Waals surface area contributed by atoms with Crippen molar-refractivity contribution in [1.29, 1.82) is 0 Å². The minimum Gasteiger partial charge on any atom is -0.325 e. The van der Waals surface area contributed by atoms with Crippen LogP contribution in [0.1, 0.15) is 12.5 Å². The number of nitrogens with one attached hydrogen (secondary N) is 1. The average molecular weight is 364 g/mol. The van der Waals surface area contributed by atoms with Gasteiger partial charge >= 0.3 is 0 Å². The van der Waals surface area contributed by atoms with Crippen LogP contribution in [0.25, 0.3) is 0 Å². The molecule has 24 heavy (non-hydrogen) atoms. The number of hydrogen-bond donors (Lipinski definition) is 1. The molecule has 1 aromatic heterocycles. The van der Waals surface area contributed by atoms with Gasteiger partial charge in [0.05, 0.1) is 6.04 Å². The zero-order valence-corrected chi connectivity index (χ0v) is 15.3. The molecule has 0 aliphatic carbocycles. The number of carbonyl (C=O) groups is 1. The summed E-state index contributed by atoms with van der Waals surface area (Å²) in [5, 5.41) is 7.90. The Morgan fingerprint density at radius 3 is 2.75 bits per heavy atom. The molecule has 128 valence electrons. The van der Waals surface area contributed by atoms with E-state index in [1.54, 1.807) is 23.5 Å². The van der Waals surface area contributed by atoms with Gasteiger partial charge in [-0.05, 0) is 47.5 Å². The van der Waals surface area contributed by atoms with Gasteiger partial charge < -0.3 is 5.32 Å². The number of benzene rings is 1. The van der Waals surface area contributed by atoms with Gasteiger partial charge in [-0.25, -0.2) is 0 Å². The average Bonchev–Trinajstić information content (AvgIpc) is 3.08. The molecule has 0 unspecified atom stereocenters. The van der Waals surface area contributed by atoms with Crippen LogP contribution >= 0.6 is 22.9 Å². The standard InChI is InChI=1S/C18H22ClN3OS/c1-14(18(23)20-17-4-2-3-16(19)11-17)22-8-6-21(7-9-22)12-15-5-10-24-13-15/h2-5,10-11,13-14H,6-9,12H2,1H3,(H,20,23)/t14-/m0/s1. The number of carbonyl (C=O) groups excluding carboxylic acids is 1. The summed E-state index contributed by atoms with van der Waals surface area (Å²) in [6.07, 6.45) is 0. The second kappa shape index (κ2) is 8.12. The molecular weight excluding hydrogens is 342 g/mol. The molecule has 1 aliphatic rings. The predicted molar refractivity (Wildman–Crippen MR) is 101 cm³/mol. The van der Waals surface area contributed by atoms with Crippen molar-refractivity contribution in [2.24, 2.45) is 0 Å². The zero-order valence-electron chi connectivity index (χ0n) is 13.7. The summed E-state index contributed by atoms with van der Waals surface area (Å²) in [6.45, 7) is 6.77. The number of halogens is 1. The number of amides is 1. The van der Waals surface area contributed by atoms with E-state index in [0.29, 0.717) is 5.02 Å². The van der Waals surface area contributed by atoms with Gasteiger partial charge in [-0.1, -0.05) is 17.7 Å². The number of piperazine rings is 1. The summed E-state index contributed by atoms with van der Waals surface area (Å²) in [5.41, 5.74) is 2.12. The maximum absolute atomic E-state index is 12.5. The summed E-state index contributed by atoms with van der Waals surface area (Å²) in [6, 6.07) is 9.30. The van der Waals surface area contributed by atoms with E-state index in [1.165, 1.54) is 5.56 Å². The van der Waals surface area contributed by atoms with E-state index in [9.17, 15) is 4.79 Å². The molecule has 6 heteroatoms. The lowest BCUT2D eigenvalue weighted by Gasteiger charge is -2.37. The molecule has 0 bridgehead atoms. The van der Waals surface area contributed by atoms with Crippen molar-refractivity contribution >= 4 is 34.5 Å². The Morgan fingerprint density at radius 2 is 2.08 bits per heavy atom. The van der Waals surface area contributed by atoms with Gasteiger partial charge in [0.1, 0.15) is 0 Å². The molecule has 2 heterocycles. The summed E-state index contributed by atoms with van der Waals surface area (Å²) in [7, 11) is 0. The van der Waals surface area contributed by atoms with Crippen LogP contribution in [0, 0.1) is 0 Å². The lowest BCUT2D eigenvalue weighted by Crippen LogP contribution is -2.52. The van der Waals surface area contributed by atoms with Crippen molar-refractivity contribution in [3.8, 4) is 0 Å². The molecule has 1 saturated heterocycles. The molecule has 4 nitrogen and oxygen atoms in total. The highest BCUT2D eigenvalue weighted by molar-refractivity contribution is 7.07. The van der Waals surface area contributed by atoms with Crippen molar-refractivity contribution < 1.29 is 4.79 Å². The molecular formula is C18H22ClN3OS. The number of hydrogen-bond acceptors (Lipinski definition) is 4. The van der Waals surface area contributed by atoms with Crippen LogP contribution in [0.15, 0.2) is 41.1 Å². The van der Waals surface area contributed by atoms with E-state index >= 15 is 0 Å². The summed E-state index contributed by atoms with van der Waals surface area (Å²) in [5.74, 6) is 0.0172. The molecule has 0 saturated carbocycles. The molecule has 3 rings (SSSR count). The van der Waals surface area contributed by atoms with Crippen LogP contribution in [0.4, 0.5) is 5.69 Å². The molecule has 0 radical (unpaired) electrons. The highest BCUT2D eigenvalue weighted by atomic mass is 35.5. The predicted octanol–water partition coefficient (Wildman–Crippen LogP) is 3.55. The fraction of sp³-hybridized carbons (Fsp3) is 0.389. The van der Waals surface area contributed by atoms with E-state index in [-0.39, 0.29) is 11.9 Å². The van der Waals surface area contributed by atoms with Crippen LogP contribution in [0.3, 0.4) is 0 Å². The molecule has 1 aromatic carbocycles. The van der Waals surface area contributed by atoms with Gasteiger partial charge in [-0.15, -0.1) is 0 Å². The zero-order chi connectivity index (χ0) is 16.9. The van der Waals surface area contributed by atoms with Crippen LogP contribution in [-0.2, 0) is 11.3 Å². The highest BCUT2D eigenvalue weighted by Crippen LogP contribution is 2.17. The fourth-order valence-electron chi connectivity index (χ4n) is 2.93. The third kappa shape index (κ3) is 4.57. The Balaban J connectivity index is 1.49. The van der Waals surface area contributed by atoms with Gasteiger partial charge in [-0.2, -0.15) is 11.3 Å². The first-order chi connectivity index (χ1) is 11.6.